The maximum atomic E-state index is 13.6. The van der Waals surface area contributed by atoms with E-state index < -0.39 is 0 Å². The molecule has 0 unspecified atom stereocenters. The number of hydrogen-bond donors (Lipinski definition) is 1. The monoisotopic (exact) mass is 406 g/mol. The number of nitrogens with one attached hydrogen (secondary N) is 1. The third kappa shape index (κ3) is 4.17. The molecule has 2 amide bonds. The highest BCUT2D eigenvalue weighted by Gasteiger charge is 2.34. The van der Waals surface area contributed by atoms with Gasteiger partial charge in [0.25, 0.3) is 5.91 Å². The SMILES string of the molecule is Cc1ccc(C(=O)Nc2ccc([C@H]3SCC(=O)N3c3cccc(F)c3)cc2)cc1. The highest BCUT2D eigenvalue weighted by Crippen LogP contribution is 2.42. The molecule has 1 heterocycles. The Morgan fingerprint density at radius 1 is 1.07 bits per heavy atom. The van der Waals surface area contributed by atoms with E-state index in [-0.39, 0.29) is 23.0 Å². The third-order valence-corrected chi connectivity index (χ3v) is 5.93. The van der Waals surface area contributed by atoms with Crippen molar-refractivity contribution in [1.82, 2.24) is 0 Å². The van der Waals surface area contributed by atoms with Crippen LogP contribution in [0.5, 0.6) is 0 Å². The number of hydrogen-bond acceptors (Lipinski definition) is 3. The molecule has 0 radical (unpaired) electrons. The summed E-state index contributed by atoms with van der Waals surface area (Å²) in [5.74, 6) is -0.264. The first-order chi connectivity index (χ1) is 14.0. The van der Waals surface area contributed by atoms with Gasteiger partial charge < -0.3 is 5.32 Å². The summed E-state index contributed by atoms with van der Waals surface area (Å²) in [5.41, 5.74) is 3.82. The number of anilines is 2. The van der Waals surface area contributed by atoms with Crippen molar-refractivity contribution >= 4 is 35.0 Å². The fourth-order valence-electron chi connectivity index (χ4n) is 3.22. The molecular formula is C23H19FN2O2S. The quantitative estimate of drug-likeness (QED) is 0.651. The molecule has 6 heteroatoms. The molecule has 3 aromatic rings. The van der Waals surface area contributed by atoms with Gasteiger partial charge in [-0.15, -0.1) is 11.8 Å². The zero-order chi connectivity index (χ0) is 20.4. The number of halogens is 1. The zero-order valence-corrected chi connectivity index (χ0v) is 16.6. The Balaban J connectivity index is 1.51. The topological polar surface area (TPSA) is 49.4 Å². The maximum Gasteiger partial charge on any atom is 0.255 e. The number of aryl methyl sites for hydroxylation is 1. The van der Waals surface area contributed by atoms with Gasteiger partial charge in [-0.05, 0) is 55.0 Å². The van der Waals surface area contributed by atoms with E-state index in [1.165, 1.54) is 23.9 Å². The third-order valence-electron chi connectivity index (χ3n) is 4.72. The highest BCUT2D eigenvalue weighted by molar-refractivity contribution is 8.00. The zero-order valence-electron chi connectivity index (χ0n) is 15.8. The van der Waals surface area contributed by atoms with E-state index in [9.17, 15) is 14.0 Å². The Kier molecular flexibility index (Phi) is 5.36. The molecule has 1 atom stereocenters. The van der Waals surface area contributed by atoms with E-state index in [1.807, 2.05) is 43.3 Å². The molecule has 1 aliphatic heterocycles. The standard InChI is InChI=1S/C23H19FN2O2S/c1-15-5-7-16(8-6-15)22(28)25-19-11-9-17(10-12-19)23-26(21(27)14-29-23)20-4-2-3-18(24)13-20/h2-13,23H,14H2,1H3,(H,25,28)/t23-/m1/s1. The predicted molar refractivity (Wildman–Crippen MR) is 115 cm³/mol. The number of amides is 2. The lowest BCUT2D eigenvalue weighted by atomic mass is 10.1. The van der Waals surface area contributed by atoms with Crippen molar-refractivity contribution in [2.24, 2.45) is 0 Å². The van der Waals surface area contributed by atoms with E-state index in [2.05, 4.69) is 5.32 Å². The summed E-state index contributed by atoms with van der Waals surface area (Å²) in [6.45, 7) is 1.97. The van der Waals surface area contributed by atoms with Crippen molar-refractivity contribution in [3.8, 4) is 0 Å². The summed E-state index contributed by atoms with van der Waals surface area (Å²) >= 11 is 1.50. The number of carbonyl (C=O) groups excluding carboxylic acids is 2. The molecule has 29 heavy (non-hydrogen) atoms. The van der Waals surface area contributed by atoms with Crippen LogP contribution in [0.4, 0.5) is 15.8 Å². The summed E-state index contributed by atoms with van der Waals surface area (Å²) in [6, 6.07) is 20.8. The number of thioether (sulfide) groups is 1. The average Bonchev–Trinajstić information content (AvgIpc) is 3.10. The number of nitrogens with zero attached hydrogens (tertiary/aromatic N) is 1. The van der Waals surface area contributed by atoms with E-state index in [0.29, 0.717) is 22.7 Å². The lowest BCUT2D eigenvalue weighted by Gasteiger charge is -2.24. The van der Waals surface area contributed by atoms with Crippen molar-refractivity contribution in [3.05, 3.63) is 95.3 Å². The van der Waals surface area contributed by atoms with Gasteiger partial charge in [-0.25, -0.2) is 4.39 Å². The lowest BCUT2D eigenvalue weighted by Crippen LogP contribution is -2.27. The van der Waals surface area contributed by atoms with Gasteiger partial charge in [0.15, 0.2) is 0 Å². The minimum atomic E-state index is -0.375. The molecule has 1 aliphatic rings. The first kappa shape index (κ1) is 19.2. The number of carbonyl (C=O) groups is 2. The molecule has 0 spiro atoms. The Labute approximate surface area is 172 Å². The summed E-state index contributed by atoms with van der Waals surface area (Å²) < 4.78 is 13.6. The fraction of sp³-hybridized carbons (Fsp3) is 0.130. The average molecular weight is 406 g/mol. The maximum absolute atomic E-state index is 13.6. The minimum Gasteiger partial charge on any atom is -0.322 e. The smallest absolute Gasteiger partial charge is 0.255 e. The molecule has 0 aliphatic carbocycles. The summed E-state index contributed by atoms with van der Waals surface area (Å²) in [6.07, 6.45) is 0. The normalized spacial score (nSPS) is 16.1. The molecule has 4 nitrogen and oxygen atoms in total. The summed E-state index contributed by atoms with van der Waals surface area (Å²) in [4.78, 5) is 26.4. The lowest BCUT2D eigenvalue weighted by molar-refractivity contribution is -0.115. The summed E-state index contributed by atoms with van der Waals surface area (Å²) in [5, 5.41) is 2.65. The highest BCUT2D eigenvalue weighted by atomic mass is 32.2. The van der Waals surface area contributed by atoms with E-state index >= 15 is 0 Å². The molecular weight excluding hydrogens is 387 g/mol. The molecule has 1 fully saturated rings. The van der Waals surface area contributed by atoms with Gasteiger partial charge in [0.2, 0.25) is 5.91 Å². The molecule has 1 N–H and O–H groups in total. The van der Waals surface area contributed by atoms with E-state index in [0.717, 1.165) is 11.1 Å². The first-order valence-electron chi connectivity index (χ1n) is 9.18. The second kappa shape index (κ2) is 8.09. The Hall–Kier alpha value is -3.12. The van der Waals surface area contributed by atoms with Gasteiger partial charge in [-0.2, -0.15) is 0 Å². The second-order valence-corrected chi connectivity index (χ2v) is 7.92. The van der Waals surface area contributed by atoms with Crippen LogP contribution in [0.1, 0.15) is 26.9 Å². The Bertz CT molecular complexity index is 1050. The van der Waals surface area contributed by atoms with Gasteiger partial charge >= 0.3 is 0 Å². The first-order valence-corrected chi connectivity index (χ1v) is 10.2. The van der Waals surface area contributed by atoms with Crippen molar-refractivity contribution in [1.29, 1.82) is 0 Å². The molecule has 146 valence electrons. The van der Waals surface area contributed by atoms with Gasteiger partial charge in [0.05, 0.1) is 5.75 Å². The Morgan fingerprint density at radius 2 is 1.79 bits per heavy atom. The predicted octanol–water partition coefficient (Wildman–Crippen LogP) is 5.17. The van der Waals surface area contributed by atoms with Crippen LogP contribution in [-0.4, -0.2) is 17.6 Å². The van der Waals surface area contributed by atoms with Gasteiger partial charge in [0, 0.05) is 16.9 Å². The van der Waals surface area contributed by atoms with Crippen molar-refractivity contribution in [2.45, 2.75) is 12.3 Å². The number of benzene rings is 3. The van der Waals surface area contributed by atoms with Crippen molar-refractivity contribution in [3.63, 3.8) is 0 Å². The van der Waals surface area contributed by atoms with Crippen LogP contribution in [0.3, 0.4) is 0 Å². The van der Waals surface area contributed by atoms with Crippen LogP contribution in [0, 0.1) is 12.7 Å². The van der Waals surface area contributed by atoms with Crippen molar-refractivity contribution < 1.29 is 14.0 Å². The largest absolute Gasteiger partial charge is 0.322 e. The Morgan fingerprint density at radius 3 is 2.48 bits per heavy atom. The van der Waals surface area contributed by atoms with E-state index in [4.69, 9.17) is 0 Å². The van der Waals surface area contributed by atoms with Crippen molar-refractivity contribution in [2.75, 3.05) is 16.0 Å². The van der Waals surface area contributed by atoms with Crippen LogP contribution in [0.2, 0.25) is 0 Å². The molecule has 0 saturated carbocycles. The van der Waals surface area contributed by atoms with Crippen LogP contribution in [0.25, 0.3) is 0 Å². The molecule has 0 bridgehead atoms. The fourth-order valence-corrected chi connectivity index (χ4v) is 4.39. The van der Waals surface area contributed by atoms with Gasteiger partial charge in [0.1, 0.15) is 11.2 Å². The molecule has 0 aromatic heterocycles. The van der Waals surface area contributed by atoms with Gasteiger partial charge in [-0.1, -0.05) is 35.9 Å². The second-order valence-electron chi connectivity index (χ2n) is 6.85. The van der Waals surface area contributed by atoms with Crippen LogP contribution < -0.4 is 10.2 Å². The van der Waals surface area contributed by atoms with Crippen LogP contribution in [0.15, 0.2) is 72.8 Å². The van der Waals surface area contributed by atoms with Crippen LogP contribution in [-0.2, 0) is 4.79 Å². The molecule has 3 aromatic carbocycles. The number of rotatable bonds is 4. The molecule has 1 saturated heterocycles. The van der Waals surface area contributed by atoms with Crippen LogP contribution >= 0.6 is 11.8 Å². The van der Waals surface area contributed by atoms with E-state index in [1.54, 1.807) is 29.2 Å². The summed E-state index contributed by atoms with van der Waals surface area (Å²) in [7, 11) is 0. The minimum absolute atomic E-state index is 0.0534. The molecule has 4 rings (SSSR count). The van der Waals surface area contributed by atoms with Gasteiger partial charge in [-0.3, -0.25) is 14.5 Å².